The van der Waals surface area contributed by atoms with Gasteiger partial charge in [-0.05, 0) is 37.5 Å². The van der Waals surface area contributed by atoms with Gasteiger partial charge in [-0.15, -0.1) is 10.2 Å². The summed E-state index contributed by atoms with van der Waals surface area (Å²) in [5.74, 6) is 0.801. The Hall–Kier alpha value is -2.75. The van der Waals surface area contributed by atoms with Crippen LogP contribution < -0.4 is 0 Å². The van der Waals surface area contributed by atoms with E-state index in [-0.39, 0.29) is 0 Å². The first-order valence-corrected chi connectivity index (χ1v) is 7.89. The van der Waals surface area contributed by atoms with E-state index >= 15 is 0 Å². The van der Waals surface area contributed by atoms with E-state index in [4.69, 9.17) is 5.10 Å². The van der Waals surface area contributed by atoms with Crippen LogP contribution in [0.25, 0.3) is 27.7 Å². The summed E-state index contributed by atoms with van der Waals surface area (Å²) in [6, 6.07) is 14.8. The summed E-state index contributed by atoms with van der Waals surface area (Å²) in [5.41, 5.74) is 5.60. The summed E-state index contributed by atoms with van der Waals surface area (Å²) in [6.07, 6.45) is 1.02. The van der Waals surface area contributed by atoms with Crippen molar-refractivity contribution in [2.75, 3.05) is 0 Å². The molecule has 0 saturated heterocycles. The lowest BCUT2D eigenvalue weighted by Crippen LogP contribution is -1.99. The van der Waals surface area contributed by atoms with Crippen LogP contribution in [-0.4, -0.2) is 19.8 Å². The third-order valence-electron chi connectivity index (χ3n) is 4.42. The van der Waals surface area contributed by atoms with E-state index in [1.165, 1.54) is 11.1 Å². The Balaban J connectivity index is 2.10. The molecule has 0 aliphatic rings. The van der Waals surface area contributed by atoms with Gasteiger partial charge in [-0.25, -0.2) is 0 Å². The van der Waals surface area contributed by atoms with Gasteiger partial charge in [0.05, 0.1) is 5.69 Å². The summed E-state index contributed by atoms with van der Waals surface area (Å²) in [5, 5.41) is 15.5. The summed E-state index contributed by atoms with van der Waals surface area (Å²) < 4.78 is 1.84. The van der Waals surface area contributed by atoms with Crippen molar-refractivity contribution in [3.8, 4) is 11.3 Å². The fourth-order valence-electron chi connectivity index (χ4n) is 3.10. The summed E-state index contributed by atoms with van der Waals surface area (Å²) >= 11 is 0. The summed E-state index contributed by atoms with van der Waals surface area (Å²) in [6.45, 7) is 6.27. The van der Waals surface area contributed by atoms with E-state index in [1.54, 1.807) is 0 Å². The third kappa shape index (κ3) is 2.10. The number of fused-ring (bicyclic) bond motifs is 3. The smallest absolute Gasteiger partial charge is 0.185 e. The molecule has 2 aromatic heterocycles. The van der Waals surface area contributed by atoms with E-state index in [1.807, 2.05) is 23.6 Å². The van der Waals surface area contributed by atoms with Crippen molar-refractivity contribution in [1.29, 1.82) is 0 Å². The predicted octanol–water partition coefficient (Wildman–Crippen LogP) is 4.12. The Kier molecular flexibility index (Phi) is 3.11. The number of hydrogen-bond donors (Lipinski definition) is 0. The number of benzene rings is 2. The third-order valence-corrected chi connectivity index (χ3v) is 4.42. The second kappa shape index (κ2) is 5.16. The maximum Gasteiger partial charge on any atom is 0.185 e. The zero-order chi connectivity index (χ0) is 16.0. The number of hydrogen-bond acceptors (Lipinski definition) is 3. The molecule has 23 heavy (non-hydrogen) atoms. The van der Waals surface area contributed by atoms with E-state index in [2.05, 4.69) is 54.4 Å². The predicted molar refractivity (Wildman–Crippen MR) is 92.6 cm³/mol. The molecule has 0 radical (unpaired) electrons. The average molecular weight is 302 g/mol. The minimum Gasteiger partial charge on any atom is -0.196 e. The molecule has 114 valence electrons. The maximum atomic E-state index is 4.83. The van der Waals surface area contributed by atoms with Gasteiger partial charge in [0.25, 0.3) is 0 Å². The molecular weight excluding hydrogens is 284 g/mol. The van der Waals surface area contributed by atoms with Gasteiger partial charge in [0.2, 0.25) is 0 Å². The molecule has 0 aliphatic carbocycles. The van der Waals surface area contributed by atoms with Crippen molar-refractivity contribution < 1.29 is 0 Å². The standard InChI is InChI=1S/C19H18N4/c1-4-14-11-15(10-9-12(14)2)18-16-7-5-6-8-17(16)19-21-20-13(3)23(19)22-18/h5-11H,4H2,1-3H3. The molecule has 0 N–H and O–H groups in total. The van der Waals surface area contributed by atoms with Gasteiger partial charge >= 0.3 is 0 Å². The molecule has 0 spiro atoms. The summed E-state index contributed by atoms with van der Waals surface area (Å²) in [7, 11) is 0. The topological polar surface area (TPSA) is 43.1 Å². The van der Waals surface area contributed by atoms with Crippen LogP contribution >= 0.6 is 0 Å². The highest BCUT2D eigenvalue weighted by atomic mass is 15.4. The number of aryl methyl sites for hydroxylation is 3. The molecule has 4 nitrogen and oxygen atoms in total. The Labute approximate surface area is 134 Å². The lowest BCUT2D eigenvalue weighted by atomic mass is 9.99. The molecule has 0 saturated carbocycles. The van der Waals surface area contributed by atoms with Crippen molar-refractivity contribution in [2.45, 2.75) is 27.2 Å². The van der Waals surface area contributed by atoms with Crippen LogP contribution in [0.5, 0.6) is 0 Å². The van der Waals surface area contributed by atoms with Crippen molar-refractivity contribution in [3.05, 3.63) is 59.4 Å². The number of rotatable bonds is 2. The van der Waals surface area contributed by atoms with E-state index < -0.39 is 0 Å². The van der Waals surface area contributed by atoms with E-state index in [0.717, 1.165) is 39.9 Å². The van der Waals surface area contributed by atoms with Gasteiger partial charge in [0.15, 0.2) is 11.5 Å². The second-order valence-electron chi connectivity index (χ2n) is 5.87. The molecule has 2 aromatic carbocycles. The van der Waals surface area contributed by atoms with E-state index in [0.29, 0.717) is 0 Å². The Morgan fingerprint density at radius 3 is 2.52 bits per heavy atom. The highest BCUT2D eigenvalue weighted by Crippen LogP contribution is 2.30. The van der Waals surface area contributed by atoms with Gasteiger partial charge in [0, 0.05) is 16.3 Å². The van der Waals surface area contributed by atoms with Crippen LogP contribution in [0.3, 0.4) is 0 Å². The highest BCUT2D eigenvalue weighted by molar-refractivity contribution is 6.01. The molecule has 4 heteroatoms. The van der Waals surface area contributed by atoms with Gasteiger partial charge in [-0.1, -0.05) is 43.3 Å². The average Bonchev–Trinajstić information content (AvgIpc) is 2.96. The molecule has 0 fully saturated rings. The Bertz CT molecular complexity index is 1030. The van der Waals surface area contributed by atoms with Gasteiger partial charge in [-0.2, -0.15) is 9.61 Å². The van der Waals surface area contributed by atoms with E-state index in [9.17, 15) is 0 Å². The zero-order valence-corrected chi connectivity index (χ0v) is 13.5. The normalized spacial score (nSPS) is 11.4. The SMILES string of the molecule is CCc1cc(-c2nn3c(C)nnc3c3ccccc23)ccc1C. The largest absolute Gasteiger partial charge is 0.196 e. The van der Waals surface area contributed by atoms with Crippen LogP contribution in [0.2, 0.25) is 0 Å². The van der Waals surface area contributed by atoms with Gasteiger partial charge in [-0.3, -0.25) is 0 Å². The Morgan fingerprint density at radius 2 is 1.74 bits per heavy atom. The minimum absolute atomic E-state index is 0.801. The number of nitrogens with zero attached hydrogens (tertiary/aromatic N) is 4. The zero-order valence-electron chi connectivity index (χ0n) is 13.5. The molecule has 0 bridgehead atoms. The fraction of sp³-hybridized carbons (Fsp3) is 0.211. The first kappa shape index (κ1) is 13.9. The van der Waals surface area contributed by atoms with Crippen molar-refractivity contribution in [3.63, 3.8) is 0 Å². The molecule has 2 heterocycles. The first-order chi connectivity index (χ1) is 11.2. The van der Waals surface area contributed by atoms with Gasteiger partial charge in [0.1, 0.15) is 0 Å². The molecule has 0 atom stereocenters. The molecule has 0 aliphatic heterocycles. The van der Waals surface area contributed by atoms with Crippen LogP contribution in [0.4, 0.5) is 0 Å². The molecular formula is C19H18N4. The molecule has 0 unspecified atom stereocenters. The van der Waals surface area contributed by atoms with Gasteiger partial charge < -0.3 is 0 Å². The van der Waals surface area contributed by atoms with Crippen LogP contribution in [0.15, 0.2) is 42.5 Å². The van der Waals surface area contributed by atoms with Crippen molar-refractivity contribution in [1.82, 2.24) is 19.8 Å². The summed E-state index contributed by atoms with van der Waals surface area (Å²) in [4.78, 5) is 0. The molecule has 0 amide bonds. The minimum atomic E-state index is 0.801. The van der Waals surface area contributed by atoms with Crippen LogP contribution in [0, 0.1) is 13.8 Å². The van der Waals surface area contributed by atoms with Crippen LogP contribution in [0.1, 0.15) is 23.9 Å². The molecule has 4 rings (SSSR count). The maximum absolute atomic E-state index is 4.83. The lowest BCUT2D eigenvalue weighted by molar-refractivity contribution is 0.885. The Morgan fingerprint density at radius 1 is 0.957 bits per heavy atom. The number of aromatic nitrogens is 4. The second-order valence-corrected chi connectivity index (χ2v) is 5.87. The monoisotopic (exact) mass is 302 g/mol. The molecule has 4 aromatic rings. The fourth-order valence-corrected chi connectivity index (χ4v) is 3.10. The quantitative estimate of drug-likeness (QED) is 0.559. The van der Waals surface area contributed by atoms with Crippen molar-refractivity contribution in [2.24, 2.45) is 0 Å². The first-order valence-electron chi connectivity index (χ1n) is 7.89. The lowest BCUT2D eigenvalue weighted by Gasteiger charge is -2.10. The van der Waals surface area contributed by atoms with Crippen molar-refractivity contribution >= 4 is 16.4 Å². The van der Waals surface area contributed by atoms with Crippen LogP contribution in [-0.2, 0) is 6.42 Å². The highest BCUT2D eigenvalue weighted by Gasteiger charge is 2.13.